The monoisotopic (exact) mass is 290 g/mol. The molecule has 1 unspecified atom stereocenters. The Morgan fingerprint density at radius 3 is 2.44 bits per heavy atom. The third-order valence-corrected chi connectivity index (χ3v) is 4.34. The average Bonchev–Trinajstić information content (AvgIpc) is 2.13. The van der Waals surface area contributed by atoms with Gasteiger partial charge >= 0.3 is 0 Å². The Hall–Kier alpha value is -0.780. The van der Waals surface area contributed by atoms with Gasteiger partial charge in [-0.2, -0.15) is 0 Å². The number of nitrogens with one attached hydrogen (secondary N) is 1. The minimum absolute atomic E-state index is 0.0718. The van der Waals surface area contributed by atoms with Crippen LogP contribution in [0.3, 0.4) is 0 Å². The normalized spacial score (nSPS) is 13.8. The third-order valence-electron chi connectivity index (χ3n) is 2.44. The van der Waals surface area contributed by atoms with Gasteiger partial charge in [-0.05, 0) is 37.5 Å². The van der Waals surface area contributed by atoms with Crippen molar-refractivity contribution in [2.45, 2.75) is 38.1 Å². The molecule has 102 valence electrons. The number of hydrogen-bond donors (Lipinski definition) is 2. The summed E-state index contributed by atoms with van der Waals surface area (Å²) in [5.74, 6) is 0.422. The maximum atomic E-state index is 12.1. The summed E-state index contributed by atoms with van der Waals surface area (Å²) in [4.78, 5) is 0.0718. The summed E-state index contributed by atoms with van der Waals surface area (Å²) in [5, 5.41) is 0.418. The number of anilines is 1. The van der Waals surface area contributed by atoms with Gasteiger partial charge in [-0.25, -0.2) is 13.1 Å². The van der Waals surface area contributed by atoms with Gasteiger partial charge in [-0.1, -0.05) is 25.4 Å². The summed E-state index contributed by atoms with van der Waals surface area (Å²) >= 11 is 5.75. The Balaban J connectivity index is 2.93. The molecule has 0 fully saturated rings. The van der Waals surface area contributed by atoms with Crippen molar-refractivity contribution < 1.29 is 8.42 Å². The van der Waals surface area contributed by atoms with Crippen LogP contribution < -0.4 is 10.5 Å². The van der Waals surface area contributed by atoms with E-state index in [0.29, 0.717) is 10.9 Å². The molecule has 0 amide bonds. The lowest BCUT2D eigenvalue weighted by molar-refractivity contribution is 0.482. The van der Waals surface area contributed by atoms with Crippen molar-refractivity contribution in [1.82, 2.24) is 4.72 Å². The Labute approximate surface area is 114 Å². The highest BCUT2D eigenvalue weighted by atomic mass is 35.5. The van der Waals surface area contributed by atoms with Crippen molar-refractivity contribution in [2.24, 2.45) is 5.92 Å². The summed E-state index contributed by atoms with van der Waals surface area (Å²) in [6, 6.07) is 4.23. The number of halogens is 1. The topological polar surface area (TPSA) is 72.2 Å². The molecule has 1 rings (SSSR count). The summed E-state index contributed by atoms with van der Waals surface area (Å²) in [5.41, 5.74) is 5.84. The number of rotatable bonds is 5. The van der Waals surface area contributed by atoms with Crippen LogP contribution in [0.4, 0.5) is 5.69 Å². The molecule has 1 aromatic rings. The lowest BCUT2D eigenvalue weighted by atomic mass is 10.1. The first kappa shape index (κ1) is 15.3. The van der Waals surface area contributed by atoms with E-state index >= 15 is 0 Å². The maximum absolute atomic E-state index is 12.1. The fraction of sp³-hybridized carbons (Fsp3) is 0.500. The molecule has 0 spiro atoms. The third kappa shape index (κ3) is 4.15. The van der Waals surface area contributed by atoms with E-state index in [1.54, 1.807) is 0 Å². The summed E-state index contributed by atoms with van der Waals surface area (Å²) in [6.07, 6.45) is 0.771. The lowest BCUT2D eigenvalue weighted by Gasteiger charge is -2.17. The molecular formula is C12H19ClN2O2S. The predicted octanol–water partition coefficient (Wildman–Crippen LogP) is 2.64. The molecule has 0 aliphatic carbocycles. The molecule has 0 heterocycles. The highest BCUT2D eigenvalue weighted by molar-refractivity contribution is 7.89. The number of hydrogen-bond acceptors (Lipinski definition) is 3. The Bertz CT molecular complexity index is 515. The zero-order chi connectivity index (χ0) is 13.9. The maximum Gasteiger partial charge on any atom is 0.242 e. The van der Waals surface area contributed by atoms with Crippen LogP contribution in [-0.2, 0) is 10.0 Å². The second kappa shape index (κ2) is 5.91. The van der Waals surface area contributed by atoms with Gasteiger partial charge in [0.15, 0.2) is 0 Å². The number of nitrogens with two attached hydrogens (primary N) is 1. The van der Waals surface area contributed by atoms with Gasteiger partial charge in [0, 0.05) is 11.1 Å². The fourth-order valence-electron chi connectivity index (χ4n) is 1.85. The molecule has 0 radical (unpaired) electrons. The van der Waals surface area contributed by atoms with E-state index in [1.165, 1.54) is 18.2 Å². The van der Waals surface area contributed by atoms with Crippen molar-refractivity contribution in [3.63, 3.8) is 0 Å². The summed E-state index contributed by atoms with van der Waals surface area (Å²) in [7, 11) is -3.59. The number of nitrogen functional groups attached to an aromatic ring is 1. The van der Waals surface area contributed by atoms with Crippen LogP contribution in [0.15, 0.2) is 23.1 Å². The van der Waals surface area contributed by atoms with Crippen LogP contribution in [0, 0.1) is 5.92 Å². The van der Waals surface area contributed by atoms with Crippen molar-refractivity contribution >= 4 is 27.3 Å². The van der Waals surface area contributed by atoms with E-state index in [0.717, 1.165) is 6.42 Å². The van der Waals surface area contributed by atoms with E-state index in [2.05, 4.69) is 4.72 Å². The van der Waals surface area contributed by atoms with E-state index in [-0.39, 0.29) is 16.6 Å². The molecule has 0 aliphatic heterocycles. The molecule has 6 heteroatoms. The molecule has 3 N–H and O–H groups in total. The molecule has 0 saturated heterocycles. The highest BCUT2D eigenvalue weighted by Gasteiger charge is 2.20. The minimum atomic E-state index is -3.59. The molecular weight excluding hydrogens is 272 g/mol. The number of sulfonamides is 1. The van der Waals surface area contributed by atoms with Crippen LogP contribution in [-0.4, -0.2) is 14.5 Å². The van der Waals surface area contributed by atoms with Crippen molar-refractivity contribution in [3.05, 3.63) is 23.2 Å². The average molecular weight is 291 g/mol. The zero-order valence-corrected chi connectivity index (χ0v) is 12.3. The van der Waals surface area contributed by atoms with Gasteiger partial charge in [0.2, 0.25) is 10.0 Å². The quantitative estimate of drug-likeness (QED) is 0.819. The molecule has 0 saturated carbocycles. The van der Waals surface area contributed by atoms with Gasteiger partial charge in [-0.3, -0.25) is 0 Å². The Kier molecular flexibility index (Phi) is 5.01. The van der Waals surface area contributed by atoms with Crippen LogP contribution in [0.2, 0.25) is 5.02 Å². The Morgan fingerprint density at radius 2 is 1.94 bits per heavy atom. The standard InChI is InChI=1S/C12H19ClN2O2S/c1-8(2)6-9(3)15-18(16,17)12-5-4-10(13)7-11(12)14/h4-5,7-9,15H,6,14H2,1-3H3. The highest BCUT2D eigenvalue weighted by Crippen LogP contribution is 2.22. The van der Waals surface area contributed by atoms with Gasteiger partial charge in [0.25, 0.3) is 0 Å². The predicted molar refractivity (Wildman–Crippen MR) is 75.1 cm³/mol. The summed E-state index contributed by atoms with van der Waals surface area (Å²) in [6.45, 7) is 5.92. The molecule has 1 aromatic carbocycles. The van der Waals surface area contributed by atoms with Crippen LogP contribution in [0.1, 0.15) is 27.2 Å². The molecule has 0 aliphatic rings. The zero-order valence-electron chi connectivity index (χ0n) is 10.8. The smallest absolute Gasteiger partial charge is 0.242 e. The first-order chi connectivity index (χ1) is 8.22. The van der Waals surface area contributed by atoms with Gasteiger partial charge in [0.1, 0.15) is 4.90 Å². The number of benzene rings is 1. The largest absolute Gasteiger partial charge is 0.398 e. The van der Waals surface area contributed by atoms with Crippen LogP contribution in [0.5, 0.6) is 0 Å². The van der Waals surface area contributed by atoms with E-state index in [1.807, 2.05) is 20.8 Å². The fourth-order valence-corrected chi connectivity index (χ4v) is 3.40. The van der Waals surface area contributed by atoms with Crippen molar-refractivity contribution in [3.8, 4) is 0 Å². The van der Waals surface area contributed by atoms with E-state index in [4.69, 9.17) is 17.3 Å². The molecule has 0 bridgehead atoms. The summed E-state index contributed by atoms with van der Waals surface area (Å²) < 4.78 is 26.9. The first-order valence-corrected chi connectivity index (χ1v) is 7.66. The van der Waals surface area contributed by atoms with Crippen LogP contribution in [0.25, 0.3) is 0 Å². The van der Waals surface area contributed by atoms with Gasteiger partial charge < -0.3 is 5.73 Å². The van der Waals surface area contributed by atoms with Crippen molar-refractivity contribution in [2.75, 3.05) is 5.73 Å². The van der Waals surface area contributed by atoms with Gasteiger partial charge in [-0.15, -0.1) is 0 Å². The molecule has 18 heavy (non-hydrogen) atoms. The molecule has 0 aromatic heterocycles. The van der Waals surface area contributed by atoms with Gasteiger partial charge in [0.05, 0.1) is 5.69 Å². The van der Waals surface area contributed by atoms with Crippen LogP contribution >= 0.6 is 11.6 Å². The van der Waals surface area contributed by atoms with E-state index < -0.39 is 10.0 Å². The second-order valence-electron chi connectivity index (χ2n) is 4.83. The molecule has 1 atom stereocenters. The Morgan fingerprint density at radius 1 is 1.33 bits per heavy atom. The SMILES string of the molecule is CC(C)CC(C)NS(=O)(=O)c1ccc(Cl)cc1N. The lowest BCUT2D eigenvalue weighted by Crippen LogP contribution is -2.33. The van der Waals surface area contributed by atoms with E-state index in [9.17, 15) is 8.42 Å². The second-order valence-corrected chi connectivity index (χ2v) is 6.95. The van der Waals surface area contributed by atoms with Crippen molar-refractivity contribution in [1.29, 1.82) is 0 Å². The first-order valence-electron chi connectivity index (χ1n) is 5.79. The minimum Gasteiger partial charge on any atom is -0.398 e. The molecule has 4 nitrogen and oxygen atoms in total.